The molecule has 116 valence electrons. The van der Waals surface area contributed by atoms with Crippen molar-refractivity contribution in [2.24, 2.45) is 0 Å². The quantitative estimate of drug-likeness (QED) is 0.596. The summed E-state index contributed by atoms with van der Waals surface area (Å²) in [5.74, 6) is -2.29. The van der Waals surface area contributed by atoms with Crippen LogP contribution in [-0.2, 0) is 29.4 Å². The van der Waals surface area contributed by atoms with Gasteiger partial charge in [0, 0.05) is 11.8 Å². The maximum absolute atomic E-state index is 12.4. The molecule has 0 saturated heterocycles. The standard InChI is InChI=1S/C13H18N2O5S/c1-4-10(16)15-13(11(17)19-5-2,12(18)20-6-3)9-7-21-8-14-9/h7-8H,4-6H2,1-3H3,(H,15,16). The number of nitrogens with zero attached hydrogens (tertiary/aromatic N) is 1. The van der Waals surface area contributed by atoms with Gasteiger partial charge in [0.05, 0.1) is 24.4 Å². The average Bonchev–Trinajstić information content (AvgIpc) is 2.99. The molecule has 1 aromatic heterocycles. The molecule has 0 aliphatic heterocycles. The van der Waals surface area contributed by atoms with Crippen molar-refractivity contribution in [3.05, 3.63) is 16.6 Å². The van der Waals surface area contributed by atoms with Crippen LogP contribution in [-0.4, -0.2) is 36.0 Å². The molecule has 1 heterocycles. The lowest BCUT2D eigenvalue weighted by molar-refractivity contribution is -0.169. The zero-order valence-electron chi connectivity index (χ0n) is 12.2. The summed E-state index contributed by atoms with van der Waals surface area (Å²) in [4.78, 5) is 40.5. The molecular weight excluding hydrogens is 296 g/mol. The van der Waals surface area contributed by atoms with Crippen LogP contribution in [0.4, 0.5) is 0 Å². The van der Waals surface area contributed by atoms with Crippen molar-refractivity contribution in [3.8, 4) is 0 Å². The molecule has 1 rings (SSSR count). The zero-order chi connectivity index (χ0) is 15.9. The van der Waals surface area contributed by atoms with Crippen molar-refractivity contribution in [2.45, 2.75) is 32.7 Å². The fourth-order valence-corrected chi connectivity index (χ4v) is 2.23. The number of carbonyl (C=O) groups is 3. The van der Waals surface area contributed by atoms with Gasteiger partial charge in [-0.05, 0) is 13.8 Å². The van der Waals surface area contributed by atoms with Gasteiger partial charge in [-0.2, -0.15) is 0 Å². The van der Waals surface area contributed by atoms with E-state index < -0.39 is 23.4 Å². The van der Waals surface area contributed by atoms with Gasteiger partial charge in [-0.15, -0.1) is 11.3 Å². The lowest BCUT2D eigenvalue weighted by Gasteiger charge is -2.28. The van der Waals surface area contributed by atoms with Gasteiger partial charge in [0.1, 0.15) is 0 Å². The Morgan fingerprint density at radius 1 is 1.19 bits per heavy atom. The largest absolute Gasteiger partial charge is 0.463 e. The van der Waals surface area contributed by atoms with Crippen molar-refractivity contribution in [3.63, 3.8) is 0 Å². The predicted molar refractivity (Wildman–Crippen MR) is 75.5 cm³/mol. The van der Waals surface area contributed by atoms with E-state index >= 15 is 0 Å². The predicted octanol–water partition coefficient (Wildman–Crippen LogP) is 0.991. The van der Waals surface area contributed by atoms with E-state index in [0.717, 1.165) is 0 Å². The second-order valence-electron chi connectivity index (χ2n) is 3.97. The first kappa shape index (κ1) is 17.1. The highest BCUT2D eigenvalue weighted by atomic mass is 32.1. The Balaban J connectivity index is 3.36. The minimum Gasteiger partial charge on any atom is -0.463 e. The fraction of sp³-hybridized carbons (Fsp3) is 0.538. The summed E-state index contributed by atoms with van der Waals surface area (Å²) in [7, 11) is 0. The summed E-state index contributed by atoms with van der Waals surface area (Å²) in [6, 6.07) is 0. The molecule has 0 aliphatic rings. The van der Waals surface area contributed by atoms with Crippen molar-refractivity contribution >= 4 is 29.2 Å². The Labute approximate surface area is 126 Å². The first-order valence-corrected chi connectivity index (χ1v) is 7.51. The van der Waals surface area contributed by atoms with Gasteiger partial charge in [0.15, 0.2) is 0 Å². The molecule has 0 spiro atoms. The number of esters is 2. The molecule has 8 heteroatoms. The van der Waals surface area contributed by atoms with Crippen LogP contribution in [0.15, 0.2) is 10.9 Å². The van der Waals surface area contributed by atoms with Crippen LogP contribution in [0.2, 0.25) is 0 Å². The third-order valence-corrected chi connectivity index (χ3v) is 3.21. The third kappa shape index (κ3) is 3.57. The summed E-state index contributed by atoms with van der Waals surface area (Å²) in [5, 5.41) is 3.91. The van der Waals surface area contributed by atoms with E-state index in [0.29, 0.717) is 0 Å². The molecule has 0 radical (unpaired) electrons. The smallest absolute Gasteiger partial charge is 0.350 e. The van der Waals surface area contributed by atoms with Gasteiger partial charge < -0.3 is 14.8 Å². The number of aromatic nitrogens is 1. The summed E-state index contributed by atoms with van der Waals surface area (Å²) in [5.41, 5.74) is -0.508. The van der Waals surface area contributed by atoms with Crippen molar-refractivity contribution in [2.75, 3.05) is 13.2 Å². The minimum absolute atomic E-state index is 0.0616. The summed E-state index contributed by atoms with van der Waals surface area (Å²) in [6.07, 6.45) is 0.102. The number of amides is 1. The second kappa shape index (κ2) is 7.72. The molecule has 7 nitrogen and oxygen atoms in total. The molecule has 1 N–H and O–H groups in total. The van der Waals surface area contributed by atoms with E-state index in [9.17, 15) is 14.4 Å². The number of nitrogens with one attached hydrogen (secondary N) is 1. The van der Waals surface area contributed by atoms with Crippen LogP contribution >= 0.6 is 11.3 Å². The maximum Gasteiger partial charge on any atom is 0.350 e. The molecular formula is C13H18N2O5S. The highest BCUT2D eigenvalue weighted by Gasteiger charge is 2.53. The summed E-state index contributed by atoms with van der Waals surface area (Å²) in [6.45, 7) is 4.95. The second-order valence-corrected chi connectivity index (χ2v) is 4.69. The van der Waals surface area contributed by atoms with Gasteiger partial charge >= 0.3 is 11.9 Å². The van der Waals surface area contributed by atoms with E-state index in [1.165, 1.54) is 22.2 Å². The number of hydrogen-bond donors (Lipinski definition) is 1. The Hall–Kier alpha value is -1.96. The summed E-state index contributed by atoms with van der Waals surface area (Å²) < 4.78 is 9.91. The molecule has 0 atom stereocenters. The van der Waals surface area contributed by atoms with Crippen LogP contribution in [0.3, 0.4) is 0 Å². The molecule has 0 aliphatic carbocycles. The number of hydrogen-bond acceptors (Lipinski definition) is 7. The fourth-order valence-electron chi connectivity index (χ4n) is 1.63. The Morgan fingerprint density at radius 3 is 2.14 bits per heavy atom. The van der Waals surface area contributed by atoms with Crippen molar-refractivity contribution in [1.82, 2.24) is 10.3 Å². The molecule has 21 heavy (non-hydrogen) atoms. The molecule has 0 unspecified atom stereocenters. The topological polar surface area (TPSA) is 94.6 Å². The maximum atomic E-state index is 12.4. The minimum atomic E-state index is -2.06. The van der Waals surface area contributed by atoms with Crippen molar-refractivity contribution < 1.29 is 23.9 Å². The van der Waals surface area contributed by atoms with Crippen LogP contribution in [0.5, 0.6) is 0 Å². The van der Waals surface area contributed by atoms with E-state index in [4.69, 9.17) is 9.47 Å². The van der Waals surface area contributed by atoms with E-state index in [2.05, 4.69) is 10.3 Å². The molecule has 1 amide bonds. The lowest BCUT2D eigenvalue weighted by atomic mass is 9.95. The van der Waals surface area contributed by atoms with E-state index in [1.54, 1.807) is 20.8 Å². The first-order valence-electron chi connectivity index (χ1n) is 6.56. The van der Waals surface area contributed by atoms with Crippen LogP contribution in [0, 0.1) is 0 Å². The van der Waals surface area contributed by atoms with Gasteiger partial charge in [0.2, 0.25) is 5.91 Å². The molecule has 1 aromatic rings. The SMILES string of the molecule is CCOC(=O)C(NC(=O)CC)(C(=O)OCC)c1cscn1. The number of carbonyl (C=O) groups excluding carboxylic acids is 3. The third-order valence-electron chi connectivity index (χ3n) is 2.63. The van der Waals surface area contributed by atoms with Gasteiger partial charge in [-0.1, -0.05) is 6.92 Å². The Bertz CT molecular complexity index is 483. The van der Waals surface area contributed by atoms with Gasteiger partial charge in [-0.25, -0.2) is 14.6 Å². The van der Waals surface area contributed by atoms with Crippen LogP contribution < -0.4 is 5.32 Å². The van der Waals surface area contributed by atoms with E-state index in [-0.39, 0.29) is 25.3 Å². The molecule has 0 aromatic carbocycles. The Kier molecular flexibility index (Phi) is 6.29. The highest BCUT2D eigenvalue weighted by molar-refractivity contribution is 7.07. The average molecular weight is 314 g/mol. The van der Waals surface area contributed by atoms with Crippen LogP contribution in [0.1, 0.15) is 32.9 Å². The Morgan fingerprint density at radius 2 is 1.76 bits per heavy atom. The molecule has 0 bridgehead atoms. The van der Waals surface area contributed by atoms with Gasteiger partial charge in [0.25, 0.3) is 5.54 Å². The molecule has 0 saturated carbocycles. The number of rotatable bonds is 7. The number of ether oxygens (including phenoxy) is 2. The normalized spacial score (nSPS) is 10.8. The first-order chi connectivity index (χ1) is 10.0. The van der Waals surface area contributed by atoms with Crippen molar-refractivity contribution in [1.29, 1.82) is 0 Å². The zero-order valence-corrected chi connectivity index (χ0v) is 13.0. The molecule has 0 fully saturated rings. The van der Waals surface area contributed by atoms with E-state index in [1.807, 2.05) is 0 Å². The van der Waals surface area contributed by atoms with Gasteiger partial charge in [-0.3, -0.25) is 4.79 Å². The highest BCUT2D eigenvalue weighted by Crippen LogP contribution is 2.25. The lowest BCUT2D eigenvalue weighted by Crippen LogP contribution is -2.59. The summed E-state index contributed by atoms with van der Waals surface area (Å²) >= 11 is 1.19. The van der Waals surface area contributed by atoms with Crippen LogP contribution in [0.25, 0.3) is 0 Å². The number of thiazole rings is 1. The monoisotopic (exact) mass is 314 g/mol.